The molecule has 1 aromatic carbocycles. The number of benzene rings is 1. The Balaban J connectivity index is 1.54. The smallest absolute Gasteiger partial charge is 0.284 e. The van der Waals surface area contributed by atoms with Crippen molar-refractivity contribution >= 4 is 17.6 Å². The maximum absolute atomic E-state index is 11.1. The summed E-state index contributed by atoms with van der Waals surface area (Å²) in [6, 6.07) is 11.6. The molecule has 0 aliphatic carbocycles. The van der Waals surface area contributed by atoms with Crippen molar-refractivity contribution in [1.82, 2.24) is 10.6 Å². The van der Waals surface area contributed by atoms with E-state index in [9.17, 15) is 4.79 Å². The van der Waals surface area contributed by atoms with Gasteiger partial charge < -0.3 is 30.4 Å². The zero-order valence-electron chi connectivity index (χ0n) is 15.6. The molecule has 1 aliphatic heterocycles. The first kappa shape index (κ1) is 18.6. The summed E-state index contributed by atoms with van der Waals surface area (Å²) in [5.41, 5.74) is 6.30. The summed E-state index contributed by atoms with van der Waals surface area (Å²) in [7, 11) is 3.41. The fourth-order valence-electron chi connectivity index (χ4n) is 3.15. The van der Waals surface area contributed by atoms with Crippen molar-refractivity contribution < 1.29 is 13.9 Å². The molecule has 0 spiro atoms. The minimum Gasteiger partial charge on any atom is -0.495 e. The molecule has 2 heterocycles. The first-order chi connectivity index (χ1) is 13.1. The average molecular weight is 371 g/mol. The second-order valence-corrected chi connectivity index (χ2v) is 6.30. The fraction of sp³-hybridized carbons (Fsp3) is 0.368. The second kappa shape index (κ2) is 8.48. The SMILES string of the molecule is CN=C(NCc1ccc(C(N)=O)o1)NC1CCN(c2ccccc2OC)C1. The van der Waals surface area contributed by atoms with E-state index in [-0.39, 0.29) is 11.8 Å². The van der Waals surface area contributed by atoms with Gasteiger partial charge in [0.05, 0.1) is 19.3 Å². The molecule has 1 amide bonds. The highest BCUT2D eigenvalue weighted by Crippen LogP contribution is 2.30. The number of ether oxygens (including phenoxy) is 1. The molecule has 1 aromatic heterocycles. The first-order valence-electron chi connectivity index (χ1n) is 8.84. The summed E-state index contributed by atoms with van der Waals surface area (Å²) >= 11 is 0. The van der Waals surface area contributed by atoms with Crippen molar-refractivity contribution in [1.29, 1.82) is 0 Å². The van der Waals surface area contributed by atoms with Crippen LogP contribution in [0.5, 0.6) is 5.75 Å². The van der Waals surface area contributed by atoms with E-state index in [1.165, 1.54) is 0 Å². The molecule has 0 bridgehead atoms. The Hall–Kier alpha value is -3.16. The lowest BCUT2D eigenvalue weighted by molar-refractivity contribution is 0.0972. The molecule has 1 saturated heterocycles. The Morgan fingerprint density at radius 3 is 2.89 bits per heavy atom. The van der Waals surface area contributed by atoms with E-state index in [1.54, 1.807) is 26.3 Å². The lowest BCUT2D eigenvalue weighted by Crippen LogP contribution is -2.44. The Morgan fingerprint density at radius 2 is 2.19 bits per heavy atom. The summed E-state index contributed by atoms with van der Waals surface area (Å²) in [5.74, 6) is 1.75. The van der Waals surface area contributed by atoms with Gasteiger partial charge in [-0.2, -0.15) is 0 Å². The number of aliphatic imine (C=N–C) groups is 1. The van der Waals surface area contributed by atoms with Crippen molar-refractivity contribution in [2.24, 2.45) is 10.7 Å². The van der Waals surface area contributed by atoms with Gasteiger partial charge in [0.2, 0.25) is 0 Å². The number of carbonyl (C=O) groups excluding carboxylic acids is 1. The predicted octanol–water partition coefficient (Wildman–Crippen LogP) is 1.33. The van der Waals surface area contributed by atoms with Crippen LogP contribution in [0.3, 0.4) is 0 Å². The van der Waals surface area contributed by atoms with E-state index < -0.39 is 5.91 Å². The van der Waals surface area contributed by atoms with Gasteiger partial charge in [-0.25, -0.2) is 0 Å². The number of amides is 1. The van der Waals surface area contributed by atoms with Crippen molar-refractivity contribution in [3.8, 4) is 5.75 Å². The highest BCUT2D eigenvalue weighted by molar-refractivity contribution is 5.89. The molecule has 1 fully saturated rings. The minimum absolute atomic E-state index is 0.151. The molecular weight excluding hydrogens is 346 g/mol. The van der Waals surface area contributed by atoms with Crippen LogP contribution in [0.1, 0.15) is 22.7 Å². The topological polar surface area (TPSA) is 105 Å². The van der Waals surface area contributed by atoms with Gasteiger partial charge in [-0.1, -0.05) is 12.1 Å². The van der Waals surface area contributed by atoms with Crippen LogP contribution in [-0.2, 0) is 6.54 Å². The maximum atomic E-state index is 11.1. The van der Waals surface area contributed by atoms with E-state index in [2.05, 4.69) is 26.6 Å². The number of nitrogens with zero attached hydrogens (tertiary/aromatic N) is 2. The highest BCUT2D eigenvalue weighted by atomic mass is 16.5. The van der Waals surface area contributed by atoms with Crippen molar-refractivity contribution in [3.63, 3.8) is 0 Å². The third-order valence-corrected chi connectivity index (χ3v) is 4.51. The quantitative estimate of drug-likeness (QED) is 0.523. The summed E-state index contributed by atoms with van der Waals surface area (Å²) in [5, 5.41) is 6.62. The standard InChI is InChI=1S/C19H25N5O3/c1-21-19(22-11-14-7-8-17(27-14)18(20)25)23-13-9-10-24(12-13)15-5-3-4-6-16(15)26-2/h3-8,13H,9-12H2,1-2H3,(H2,20,25)(H2,21,22,23). The molecule has 0 radical (unpaired) electrons. The normalized spacial score (nSPS) is 17.0. The number of rotatable bonds is 6. The van der Waals surface area contributed by atoms with Gasteiger partial charge in [0.15, 0.2) is 11.7 Å². The Morgan fingerprint density at radius 1 is 1.37 bits per heavy atom. The molecule has 2 aromatic rings. The summed E-state index contributed by atoms with van der Waals surface area (Å²) < 4.78 is 10.8. The van der Waals surface area contributed by atoms with Gasteiger partial charge in [-0.05, 0) is 30.7 Å². The van der Waals surface area contributed by atoms with Gasteiger partial charge >= 0.3 is 0 Å². The predicted molar refractivity (Wildman–Crippen MR) is 104 cm³/mol. The van der Waals surface area contributed by atoms with Crippen LogP contribution >= 0.6 is 0 Å². The second-order valence-electron chi connectivity index (χ2n) is 6.30. The molecule has 1 unspecified atom stereocenters. The zero-order valence-corrected chi connectivity index (χ0v) is 15.6. The van der Waals surface area contributed by atoms with Crippen molar-refractivity contribution in [2.45, 2.75) is 19.0 Å². The summed E-state index contributed by atoms with van der Waals surface area (Å²) in [6.07, 6.45) is 0.991. The number of hydrogen-bond acceptors (Lipinski definition) is 5. The van der Waals surface area contributed by atoms with Crippen LogP contribution in [0.4, 0.5) is 5.69 Å². The molecule has 8 nitrogen and oxygen atoms in total. The van der Waals surface area contributed by atoms with E-state index in [1.807, 2.05) is 18.2 Å². The van der Waals surface area contributed by atoms with E-state index in [4.69, 9.17) is 14.9 Å². The fourth-order valence-corrected chi connectivity index (χ4v) is 3.15. The monoisotopic (exact) mass is 371 g/mol. The van der Waals surface area contributed by atoms with Crippen molar-refractivity contribution in [2.75, 3.05) is 32.1 Å². The zero-order chi connectivity index (χ0) is 19.2. The highest BCUT2D eigenvalue weighted by Gasteiger charge is 2.25. The molecule has 0 saturated carbocycles. The molecule has 4 N–H and O–H groups in total. The first-order valence-corrected chi connectivity index (χ1v) is 8.84. The molecule has 144 valence electrons. The molecule has 1 aliphatic rings. The third kappa shape index (κ3) is 4.52. The minimum atomic E-state index is -0.578. The number of nitrogens with one attached hydrogen (secondary N) is 2. The lowest BCUT2D eigenvalue weighted by Gasteiger charge is -2.22. The average Bonchev–Trinajstić information content (AvgIpc) is 3.34. The number of furan rings is 1. The van der Waals surface area contributed by atoms with Gasteiger partial charge in [-0.15, -0.1) is 0 Å². The van der Waals surface area contributed by atoms with Crippen LogP contribution in [-0.4, -0.2) is 45.2 Å². The Labute approximate surface area is 158 Å². The largest absolute Gasteiger partial charge is 0.495 e. The number of methoxy groups -OCH3 is 1. The molecule has 8 heteroatoms. The summed E-state index contributed by atoms with van der Waals surface area (Å²) in [4.78, 5) is 17.6. The molecular formula is C19H25N5O3. The van der Waals surface area contributed by atoms with Gasteiger partial charge in [0.25, 0.3) is 5.91 Å². The van der Waals surface area contributed by atoms with Crippen molar-refractivity contribution in [3.05, 3.63) is 47.9 Å². The number of nitrogens with two attached hydrogens (primary N) is 1. The Kier molecular flexibility index (Phi) is 5.85. The van der Waals surface area contributed by atoms with E-state index in [0.29, 0.717) is 18.3 Å². The van der Waals surface area contributed by atoms with Gasteiger partial charge in [0, 0.05) is 26.2 Å². The number of hydrogen-bond donors (Lipinski definition) is 3. The molecule has 27 heavy (non-hydrogen) atoms. The van der Waals surface area contributed by atoms with Crippen LogP contribution < -0.4 is 26.0 Å². The van der Waals surface area contributed by atoms with E-state index in [0.717, 1.165) is 30.9 Å². The number of para-hydroxylation sites is 2. The Bertz CT molecular complexity index is 817. The lowest BCUT2D eigenvalue weighted by atomic mass is 10.2. The summed E-state index contributed by atoms with van der Waals surface area (Å²) in [6.45, 7) is 2.21. The number of carbonyl (C=O) groups is 1. The number of primary amides is 1. The van der Waals surface area contributed by atoms with Crippen LogP contribution in [0.25, 0.3) is 0 Å². The third-order valence-electron chi connectivity index (χ3n) is 4.51. The van der Waals surface area contributed by atoms with Crippen LogP contribution in [0.2, 0.25) is 0 Å². The van der Waals surface area contributed by atoms with Gasteiger partial charge in [-0.3, -0.25) is 9.79 Å². The van der Waals surface area contributed by atoms with Crippen LogP contribution in [0, 0.1) is 0 Å². The van der Waals surface area contributed by atoms with Crippen LogP contribution in [0.15, 0.2) is 45.8 Å². The maximum Gasteiger partial charge on any atom is 0.284 e. The van der Waals surface area contributed by atoms with E-state index >= 15 is 0 Å². The number of anilines is 1. The van der Waals surface area contributed by atoms with Gasteiger partial charge in [0.1, 0.15) is 11.5 Å². The number of guanidine groups is 1. The molecule has 1 atom stereocenters. The molecule has 3 rings (SSSR count).